The predicted octanol–water partition coefficient (Wildman–Crippen LogP) is 0.560. The van der Waals surface area contributed by atoms with Gasteiger partial charge in [-0.3, -0.25) is 15.2 Å². The third-order valence-corrected chi connectivity index (χ3v) is 0.911. The molecule has 0 aliphatic rings. The van der Waals surface area contributed by atoms with Crippen molar-refractivity contribution in [3.05, 3.63) is 12.2 Å². The van der Waals surface area contributed by atoms with Gasteiger partial charge >= 0.3 is 0 Å². The molecule has 4 nitrogen and oxygen atoms in total. The lowest BCUT2D eigenvalue weighted by Gasteiger charge is -2.05. The minimum absolute atomic E-state index is 0.167. The highest BCUT2D eigenvalue weighted by Crippen LogP contribution is 1.98. The van der Waals surface area contributed by atoms with Gasteiger partial charge in [-0.05, 0) is 6.42 Å². The maximum Gasteiger partial charge on any atom is 0.298 e. The Balaban J connectivity index is 3.89. The Bertz CT molecular complexity index is 130. The van der Waals surface area contributed by atoms with E-state index in [1.165, 1.54) is 0 Å². The Morgan fingerprint density at radius 3 is 2.22 bits per heavy atom. The largest absolute Gasteiger partial charge is 0.298 e. The fourth-order valence-corrected chi connectivity index (χ4v) is 0.293. The Kier molecular flexibility index (Phi) is 2.90. The molecule has 0 fully saturated rings. The Morgan fingerprint density at radius 1 is 1.67 bits per heavy atom. The van der Waals surface area contributed by atoms with E-state index in [4.69, 9.17) is 10.4 Å². The zero-order chi connectivity index (χ0) is 7.44. The minimum atomic E-state index is -0.863. The summed E-state index contributed by atoms with van der Waals surface area (Å²) < 4.78 is 0. The van der Waals surface area contributed by atoms with Crippen LogP contribution in [0.3, 0.4) is 0 Å². The molecule has 52 valence electrons. The van der Waals surface area contributed by atoms with E-state index >= 15 is 0 Å². The van der Waals surface area contributed by atoms with Crippen LogP contribution in [-0.4, -0.2) is 21.5 Å². The molecule has 0 unspecified atom stereocenters. The number of carbonyl (C=O) groups excluding carboxylic acids is 1. The minimum Gasteiger partial charge on any atom is -0.265 e. The molecule has 0 aromatic heterocycles. The van der Waals surface area contributed by atoms with Crippen LogP contribution in [0.25, 0.3) is 0 Å². The van der Waals surface area contributed by atoms with E-state index in [1.807, 2.05) is 0 Å². The number of hydrogen-bond acceptors (Lipinski definition) is 3. The van der Waals surface area contributed by atoms with E-state index in [9.17, 15) is 4.79 Å². The van der Waals surface area contributed by atoms with Crippen molar-refractivity contribution in [1.29, 1.82) is 0 Å². The fraction of sp³-hybridized carbons (Fsp3) is 0.400. The molecule has 0 heterocycles. The second-order valence-corrected chi connectivity index (χ2v) is 1.55. The van der Waals surface area contributed by atoms with E-state index in [-0.39, 0.29) is 5.57 Å². The van der Waals surface area contributed by atoms with Gasteiger partial charge in [0.15, 0.2) is 0 Å². The van der Waals surface area contributed by atoms with Crippen molar-refractivity contribution in [2.45, 2.75) is 13.3 Å². The summed E-state index contributed by atoms with van der Waals surface area (Å²) in [4.78, 5) is 10.4. The number of nitrogens with zero attached hydrogens (tertiary/aromatic N) is 1. The van der Waals surface area contributed by atoms with E-state index in [2.05, 4.69) is 6.58 Å². The first-order chi connectivity index (χ1) is 4.09. The molecule has 0 atom stereocenters. The van der Waals surface area contributed by atoms with Crippen LogP contribution in [0.4, 0.5) is 0 Å². The average Bonchev–Trinajstić information content (AvgIpc) is 1.84. The fourth-order valence-electron chi connectivity index (χ4n) is 0.293. The van der Waals surface area contributed by atoms with E-state index in [0.717, 1.165) is 0 Å². The van der Waals surface area contributed by atoms with Crippen LogP contribution >= 0.6 is 0 Å². The van der Waals surface area contributed by atoms with Crippen LogP contribution < -0.4 is 0 Å². The molecule has 9 heavy (non-hydrogen) atoms. The molecule has 0 aliphatic heterocycles. The molecule has 0 aromatic carbocycles. The quantitative estimate of drug-likeness (QED) is 0.327. The first-order valence-electron chi connectivity index (χ1n) is 2.49. The highest BCUT2D eigenvalue weighted by atomic mass is 16.8. The molecule has 0 rings (SSSR count). The van der Waals surface area contributed by atoms with Gasteiger partial charge in [-0.15, -0.1) is 0 Å². The summed E-state index contributed by atoms with van der Waals surface area (Å²) in [5.74, 6) is -0.863. The summed E-state index contributed by atoms with van der Waals surface area (Å²) in [5, 5.41) is 15.7. The second kappa shape index (κ2) is 3.21. The molecular weight excluding hydrogens is 122 g/mol. The van der Waals surface area contributed by atoms with Gasteiger partial charge < -0.3 is 0 Å². The molecule has 1 amide bonds. The highest BCUT2D eigenvalue weighted by molar-refractivity contribution is 5.90. The van der Waals surface area contributed by atoms with E-state index in [0.29, 0.717) is 6.42 Å². The lowest BCUT2D eigenvalue weighted by molar-refractivity contribution is -0.281. The first-order valence-corrected chi connectivity index (χ1v) is 2.49. The van der Waals surface area contributed by atoms with Crippen molar-refractivity contribution in [1.82, 2.24) is 5.23 Å². The Labute approximate surface area is 52.9 Å². The van der Waals surface area contributed by atoms with Crippen LogP contribution in [0.15, 0.2) is 12.2 Å². The number of hydroxylamine groups is 2. The molecule has 0 aliphatic carbocycles. The third-order valence-electron chi connectivity index (χ3n) is 0.911. The number of carbonyl (C=O) groups is 1. The van der Waals surface area contributed by atoms with Crippen molar-refractivity contribution in [3.8, 4) is 0 Å². The third kappa shape index (κ3) is 2.25. The maximum atomic E-state index is 10.4. The molecule has 0 saturated carbocycles. The monoisotopic (exact) mass is 131 g/mol. The first kappa shape index (κ1) is 8.13. The van der Waals surface area contributed by atoms with Gasteiger partial charge in [-0.1, -0.05) is 18.7 Å². The molecule has 2 N–H and O–H groups in total. The summed E-state index contributed by atoms with van der Waals surface area (Å²) in [5.41, 5.74) is 0.167. The van der Waals surface area contributed by atoms with Crippen molar-refractivity contribution in [2.75, 3.05) is 0 Å². The van der Waals surface area contributed by atoms with Gasteiger partial charge in [0, 0.05) is 5.57 Å². The molecule has 0 spiro atoms. The molecule has 0 saturated heterocycles. The predicted molar refractivity (Wildman–Crippen MR) is 29.8 cm³/mol. The van der Waals surface area contributed by atoms with Crippen LogP contribution in [0.2, 0.25) is 0 Å². The summed E-state index contributed by atoms with van der Waals surface area (Å²) in [6.45, 7) is 4.98. The lowest BCUT2D eigenvalue weighted by Crippen LogP contribution is -2.24. The number of hydrogen-bond donors (Lipinski definition) is 2. The zero-order valence-corrected chi connectivity index (χ0v) is 5.16. The smallest absolute Gasteiger partial charge is 0.265 e. The van der Waals surface area contributed by atoms with Crippen molar-refractivity contribution < 1.29 is 15.2 Å². The van der Waals surface area contributed by atoms with Gasteiger partial charge in [-0.2, -0.15) is 0 Å². The molecule has 0 radical (unpaired) electrons. The Hall–Kier alpha value is -0.870. The zero-order valence-electron chi connectivity index (χ0n) is 5.16. The average molecular weight is 131 g/mol. The summed E-state index contributed by atoms with van der Waals surface area (Å²) in [6.07, 6.45) is 0.413. The summed E-state index contributed by atoms with van der Waals surface area (Å²) in [7, 11) is 0. The molecular formula is C5H9NO3. The number of rotatable bonds is 2. The van der Waals surface area contributed by atoms with Gasteiger partial charge in [0.05, 0.1) is 0 Å². The van der Waals surface area contributed by atoms with Gasteiger partial charge in [0.25, 0.3) is 5.91 Å². The lowest BCUT2D eigenvalue weighted by atomic mass is 10.2. The van der Waals surface area contributed by atoms with E-state index in [1.54, 1.807) is 6.92 Å². The highest BCUT2D eigenvalue weighted by Gasteiger charge is 2.09. The topological polar surface area (TPSA) is 60.8 Å². The van der Waals surface area contributed by atoms with Crippen LogP contribution in [-0.2, 0) is 4.79 Å². The van der Waals surface area contributed by atoms with Gasteiger partial charge in [0.2, 0.25) is 0 Å². The normalized spacial score (nSPS) is 8.78. The summed E-state index contributed by atoms with van der Waals surface area (Å²) in [6, 6.07) is 0. The molecule has 0 bridgehead atoms. The summed E-state index contributed by atoms with van der Waals surface area (Å²) >= 11 is 0. The van der Waals surface area contributed by atoms with Crippen molar-refractivity contribution >= 4 is 5.91 Å². The van der Waals surface area contributed by atoms with Crippen LogP contribution in [0.1, 0.15) is 13.3 Å². The molecule has 4 heteroatoms. The van der Waals surface area contributed by atoms with Gasteiger partial charge in [0.1, 0.15) is 0 Å². The van der Waals surface area contributed by atoms with Gasteiger partial charge in [-0.25, -0.2) is 0 Å². The van der Waals surface area contributed by atoms with Crippen molar-refractivity contribution in [3.63, 3.8) is 0 Å². The maximum absolute atomic E-state index is 10.4. The molecule has 0 aromatic rings. The second-order valence-electron chi connectivity index (χ2n) is 1.55. The number of amides is 1. The Morgan fingerprint density at radius 2 is 2.11 bits per heavy atom. The standard InChI is InChI=1S/C5H9NO3/c1-3-4(2)5(7)6(8)9/h8-9H,2-3H2,1H3. The van der Waals surface area contributed by atoms with E-state index < -0.39 is 11.1 Å². The van der Waals surface area contributed by atoms with Crippen LogP contribution in [0, 0.1) is 0 Å². The van der Waals surface area contributed by atoms with Crippen molar-refractivity contribution in [2.24, 2.45) is 0 Å². The van der Waals surface area contributed by atoms with Crippen LogP contribution in [0.5, 0.6) is 0 Å². The SMILES string of the molecule is C=C(CC)C(=O)N(O)O.